The van der Waals surface area contributed by atoms with Crippen LogP contribution >= 0.6 is 0 Å². The van der Waals surface area contributed by atoms with Gasteiger partial charge in [-0.25, -0.2) is 0 Å². The number of carbonyl (C=O) groups excluding carboxylic acids is 2. The zero-order valence-electron chi connectivity index (χ0n) is 17.4. The van der Waals surface area contributed by atoms with Gasteiger partial charge in [0.25, 0.3) is 0 Å². The van der Waals surface area contributed by atoms with Gasteiger partial charge in [-0.05, 0) is 56.2 Å². The number of nitrogens with one attached hydrogen (secondary N) is 1. The van der Waals surface area contributed by atoms with Gasteiger partial charge in [0.15, 0.2) is 0 Å². The first kappa shape index (κ1) is 20.8. The molecule has 30 heavy (non-hydrogen) atoms. The Kier molecular flexibility index (Phi) is 6.35. The van der Waals surface area contributed by atoms with Crippen LogP contribution in [0.3, 0.4) is 0 Å². The summed E-state index contributed by atoms with van der Waals surface area (Å²) in [4.78, 5) is 30.0. The van der Waals surface area contributed by atoms with Gasteiger partial charge in [-0.1, -0.05) is 12.1 Å². The molecule has 1 aliphatic heterocycles. The highest BCUT2D eigenvalue weighted by molar-refractivity contribution is 5.89. The van der Waals surface area contributed by atoms with Gasteiger partial charge >= 0.3 is 0 Å². The van der Waals surface area contributed by atoms with Crippen molar-refractivity contribution in [3.05, 3.63) is 35.4 Å². The Balaban J connectivity index is 1.48. The van der Waals surface area contributed by atoms with E-state index in [2.05, 4.69) is 16.3 Å². The lowest BCUT2D eigenvalue weighted by Crippen LogP contribution is -2.58. The van der Waals surface area contributed by atoms with Crippen molar-refractivity contribution in [2.75, 3.05) is 19.6 Å². The number of benzene rings is 1. The van der Waals surface area contributed by atoms with Crippen LogP contribution in [0.4, 0.5) is 0 Å². The predicted octanol–water partition coefficient (Wildman–Crippen LogP) is 1.37. The van der Waals surface area contributed by atoms with Gasteiger partial charge in [0, 0.05) is 44.2 Å². The Labute approximate surface area is 178 Å². The molecule has 3 aliphatic rings. The molecule has 2 amide bonds. The number of hydrogen-bond donors (Lipinski definition) is 2. The Bertz CT molecular complexity index is 810. The predicted molar refractivity (Wildman–Crippen MR) is 113 cm³/mol. The van der Waals surface area contributed by atoms with E-state index in [0.717, 1.165) is 25.8 Å². The monoisotopic (exact) mass is 409 g/mol. The van der Waals surface area contributed by atoms with Crippen molar-refractivity contribution in [3.63, 3.8) is 0 Å². The summed E-state index contributed by atoms with van der Waals surface area (Å²) in [5, 5.41) is 11.9. The van der Waals surface area contributed by atoms with Crippen molar-refractivity contribution in [1.29, 1.82) is 5.26 Å². The summed E-state index contributed by atoms with van der Waals surface area (Å²) >= 11 is 0. The zero-order chi connectivity index (χ0) is 21.1. The molecule has 3 fully saturated rings. The quantitative estimate of drug-likeness (QED) is 0.675. The van der Waals surface area contributed by atoms with E-state index in [9.17, 15) is 9.59 Å². The number of rotatable bonds is 8. The molecule has 1 heterocycles. The lowest BCUT2D eigenvalue weighted by atomic mass is 9.93. The van der Waals surface area contributed by atoms with E-state index in [1.165, 1.54) is 18.4 Å². The highest BCUT2D eigenvalue weighted by Crippen LogP contribution is 2.37. The molecule has 2 saturated carbocycles. The lowest BCUT2D eigenvalue weighted by molar-refractivity contribution is -0.144. The first-order valence-corrected chi connectivity index (χ1v) is 11.1. The fourth-order valence-corrected chi connectivity index (χ4v) is 4.50. The SMILES string of the molecule is N#Cc1ccc(CN(C2CC2)C2CCN(C(=O)C3CC3)[C@@H](C(=O)NCCN)C2)cc1. The van der Waals surface area contributed by atoms with Crippen LogP contribution in [0.2, 0.25) is 0 Å². The summed E-state index contributed by atoms with van der Waals surface area (Å²) < 4.78 is 0. The van der Waals surface area contributed by atoms with E-state index in [1.807, 2.05) is 29.2 Å². The van der Waals surface area contributed by atoms with Crippen LogP contribution in [0.15, 0.2) is 24.3 Å². The van der Waals surface area contributed by atoms with Gasteiger partial charge in [-0.15, -0.1) is 0 Å². The maximum absolute atomic E-state index is 12.9. The number of nitrogens with zero attached hydrogens (tertiary/aromatic N) is 3. The van der Waals surface area contributed by atoms with Crippen molar-refractivity contribution >= 4 is 11.8 Å². The third-order valence-electron chi connectivity index (χ3n) is 6.46. The summed E-state index contributed by atoms with van der Waals surface area (Å²) in [5.74, 6) is 0.184. The molecule has 0 radical (unpaired) electrons. The number of nitriles is 1. The molecule has 1 unspecified atom stereocenters. The number of carbonyl (C=O) groups is 2. The maximum Gasteiger partial charge on any atom is 0.242 e. The van der Waals surface area contributed by atoms with Crippen molar-refractivity contribution in [2.24, 2.45) is 11.7 Å². The highest BCUT2D eigenvalue weighted by Gasteiger charge is 2.44. The van der Waals surface area contributed by atoms with Crippen LogP contribution in [0.5, 0.6) is 0 Å². The molecule has 3 N–H and O–H groups in total. The molecule has 7 heteroatoms. The van der Waals surface area contributed by atoms with E-state index in [1.54, 1.807) is 0 Å². The fourth-order valence-electron chi connectivity index (χ4n) is 4.50. The standard InChI is InChI=1S/C23H31N5O2/c24-10-11-26-22(29)21-13-20(9-12-27(21)23(30)18-5-6-18)28(19-7-8-19)15-17-3-1-16(14-25)2-4-17/h1-4,18-21H,5-13,15,24H2,(H,26,29)/t20?,21-/m1/s1. The zero-order valence-corrected chi connectivity index (χ0v) is 17.4. The Hall–Kier alpha value is -2.43. The molecule has 0 bridgehead atoms. The van der Waals surface area contributed by atoms with Crippen LogP contribution in [0.1, 0.15) is 49.7 Å². The highest BCUT2D eigenvalue weighted by atomic mass is 16.2. The molecule has 7 nitrogen and oxygen atoms in total. The van der Waals surface area contributed by atoms with Gasteiger partial charge in [-0.3, -0.25) is 14.5 Å². The van der Waals surface area contributed by atoms with Crippen LogP contribution in [0.25, 0.3) is 0 Å². The van der Waals surface area contributed by atoms with Gasteiger partial charge < -0.3 is 16.0 Å². The van der Waals surface area contributed by atoms with E-state index < -0.39 is 6.04 Å². The van der Waals surface area contributed by atoms with Gasteiger partial charge in [-0.2, -0.15) is 5.26 Å². The van der Waals surface area contributed by atoms with Crippen LogP contribution in [-0.2, 0) is 16.1 Å². The van der Waals surface area contributed by atoms with Crippen molar-refractivity contribution in [1.82, 2.24) is 15.1 Å². The molecule has 4 rings (SSSR count). The van der Waals surface area contributed by atoms with Gasteiger partial charge in [0.1, 0.15) is 6.04 Å². The van der Waals surface area contributed by atoms with Crippen LogP contribution in [-0.4, -0.2) is 59.4 Å². The second kappa shape index (κ2) is 9.15. The van der Waals surface area contributed by atoms with E-state index in [4.69, 9.17) is 11.0 Å². The number of nitrogens with two attached hydrogens (primary N) is 1. The van der Waals surface area contributed by atoms with Crippen molar-refractivity contribution < 1.29 is 9.59 Å². The Morgan fingerprint density at radius 2 is 1.87 bits per heavy atom. The number of amides is 2. The van der Waals surface area contributed by atoms with Crippen LogP contribution in [0, 0.1) is 17.2 Å². The topological polar surface area (TPSA) is 102 Å². The molecule has 1 aromatic rings. The molecule has 1 saturated heterocycles. The first-order valence-electron chi connectivity index (χ1n) is 11.1. The summed E-state index contributed by atoms with van der Waals surface area (Å²) in [5.41, 5.74) is 7.41. The minimum atomic E-state index is -0.411. The first-order chi connectivity index (χ1) is 14.6. The molecule has 0 spiro atoms. The van der Waals surface area contributed by atoms with Gasteiger partial charge in [0.05, 0.1) is 11.6 Å². The lowest BCUT2D eigenvalue weighted by Gasteiger charge is -2.43. The van der Waals surface area contributed by atoms with E-state index >= 15 is 0 Å². The van der Waals surface area contributed by atoms with Crippen molar-refractivity contribution in [3.8, 4) is 6.07 Å². The smallest absolute Gasteiger partial charge is 0.242 e. The van der Waals surface area contributed by atoms with Crippen LogP contribution < -0.4 is 11.1 Å². The average Bonchev–Trinajstić information content (AvgIpc) is 3.68. The summed E-state index contributed by atoms with van der Waals surface area (Å²) in [6.07, 6.45) is 5.82. The average molecular weight is 410 g/mol. The second-order valence-corrected chi connectivity index (χ2v) is 8.79. The van der Waals surface area contributed by atoms with Gasteiger partial charge in [0.2, 0.25) is 11.8 Å². The third kappa shape index (κ3) is 4.82. The summed E-state index contributed by atoms with van der Waals surface area (Å²) in [6, 6.07) is 10.3. The molecule has 0 aromatic heterocycles. The number of likely N-dealkylation sites (tertiary alicyclic amines) is 1. The molecule has 2 aliphatic carbocycles. The number of piperidine rings is 1. The normalized spacial score (nSPS) is 23.8. The van der Waals surface area contributed by atoms with E-state index in [0.29, 0.717) is 37.7 Å². The summed E-state index contributed by atoms with van der Waals surface area (Å²) in [7, 11) is 0. The fraction of sp³-hybridized carbons (Fsp3) is 0.609. The minimum Gasteiger partial charge on any atom is -0.353 e. The third-order valence-corrected chi connectivity index (χ3v) is 6.46. The minimum absolute atomic E-state index is 0.0757. The summed E-state index contributed by atoms with van der Waals surface area (Å²) in [6.45, 7) is 2.28. The van der Waals surface area contributed by atoms with E-state index in [-0.39, 0.29) is 23.8 Å². The Morgan fingerprint density at radius 1 is 1.13 bits per heavy atom. The number of hydrogen-bond acceptors (Lipinski definition) is 5. The largest absolute Gasteiger partial charge is 0.353 e. The molecular weight excluding hydrogens is 378 g/mol. The molecule has 160 valence electrons. The Morgan fingerprint density at radius 3 is 2.47 bits per heavy atom. The molecule has 2 atom stereocenters. The van der Waals surface area contributed by atoms with Crippen molar-refractivity contribution in [2.45, 2.75) is 63.2 Å². The second-order valence-electron chi connectivity index (χ2n) is 8.79. The molecule has 1 aromatic carbocycles. The molecular formula is C23H31N5O2. The maximum atomic E-state index is 12.9.